The van der Waals surface area contributed by atoms with Crippen LogP contribution in [0.25, 0.3) is 0 Å². The van der Waals surface area contributed by atoms with Crippen LogP contribution >= 0.6 is 0 Å². The molecule has 0 heterocycles. The molecule has 0 spiro atoms. The van der Waals surface area contributed by atoms with Gasteiger partial charge in [-0.3, -0.25) is 4.79 Å². The third-order valence-corrected chi connectivity index (χ3v) is 2.39. The van der Waals surface area contributed by atoms with Gasteiger partial charge in [-0.05, 0) is 39.2 Å². The summed E-state index contributed by atoms with van der Waals surface area (Å²) < 4.78 is 5.21. The molecule has 1 aliphatic carbocycles. The molecular formula is C11H22N2O2. The monoisotopic (exact) mass is 214 g/mol. The number of hydrogen-bond acceptors (Lipinski definition) is 3. The average Bonchev–Trinajstić information content (AvgIpc) is 2.98. The van der Waals surface area contributed by atoms with Gasteiger partial charge in [0, 0.05) is 12.6 Å². The van der Waals surface area contributed by atoms with Gasteiger partial charge in [-0.1, -0.05) is 0 Å². The van der Waals surface area contributed by atoms with Gasteiger partial charge in [0.1, 0.15) is 0 Å². The molecule has 1 fully saturated rings. The minimum atomic E-state index is 0.0582. The summed E-state index contributed by atoms with van der Waals surface area (Å²) in [6.07, 6.45) is 2.63. The minimum Gasteiger partial charge on any atom is -0.380 e. The molecule has 0 bridgehead atoms. The second-order valence-corrected chi connectivity index (χ2v) is 4.20. The van der Waals surface area contributed by atoms with Gasteiger partial charge in [0.25, 0.3) is 0 Å². The zero-order valence-corrected chi connectivity index (χ0v) is 9.71. The molecule has 0 aliphatic heterocycles. The van der Waals surface area contributed by atoms with Crippen LogP contribution in [0, 0.1) is 5.92 Å². The smallest absolute Gasteiger partial charge is 0.234 e. The fourth-order valence-electron chi connectivity index (χ4n) is 1.37. The summed E-state index contributed by atoms with van der Waals surface area (Å²) >= 11 is 0. The molecule has 15 heavy (non-hydrogen) atoms. The Labute approximate surface area is 91.8 Å². The Hall–Kier alpha value is -0.610. The zero-order chi connectivity index (χ0) is 11.1. The normalized spacial score (nSPS) is 17.5. The maximum Gasteiger partial charge on any atom is 0.234 e. The molecule has 1 aliphatic rings. The number of nitrogens with one attached hydrogen (secondary N) is 2. The first-order valence-electron chi connectivity index (χ1n) is 5.80. The lowest BCUT2D eigenvalue weighted by Gasteiger charge is -2.13. The van der Waals surface area contributed by atoms with Crippen LogP contribution in [0.15, 0.2) is 0 Å². The Kier molecular flexibility index (Phi) is 5.65. The molecule has 0 aromatic carbocycles. The fourth-order valence-corrected chi connectivity index (χ4v) is 1.37. The fraction of sp³-hybridized carbons (Fsp3) is 0.909. The summed E-state index contributed by atoms with van der Waals surface area (Å²) in [5.74, 6) is 0.876. The molecule has 0 saturated heterocycles. The van der Waals surface area contributed by atoms with Crippen molar-refractivity contribution in [1.82, 2.24) is 10.6 Å². The zero-order valence-electron chi connectivity index (χ0n) is 9.71. The van der Waals surface area contributed by atoms with Crippen LogP contribution in [0.2, 0.25) is 0 Å². The van der Waals surface area contributed by atoms with E-state index >= 15 is 0 Å². The van der Waals surface area contributed by atoms with Gasteiger partial charge in [-0.25, -0.2) is 0 Å². The van der Waals surface area contributed by atoms with E-state index in [0.29, 0.717) is 19.8 Å². The van der Waals surface area contributed by atoms with E-state index < -0.39 is 0 Å². The molecule has 4 heteroatoms. The lowest BCUT2D eigenvalue weighted by atomic mass is 10.3. The molecule has 1 rings (SSSR count). The lowest BCUT2D eigenvalue weighted by molar-refractivity contribution is -0.121. The standard InChI is InChI=1S/C11H22N2O2/c1-3-15-8-9(2)13-11(14)7-12-6-10-4-5-10/h9-10,12H,3-8H2,1-2H3,(H,13,14). The van der Waals surface area contributed by atoms with Crippen molar-refractivity contribution in [2.75, 3.05) is 26.3 Å². The van der Waals surface area contributed by atoms with Crippen molar-refractivity contribution in [2.24, 2.45) is 5.92 Å². The van der Waals surface area contributed by atoms with Crippen molar-refractivity contribution >= 4 is 5.91 Å². The summed E-state index contributed by atoms with van der Waals surface area (Å²) in [5.41, 5.74) is 0. The van der Waals surface area contributed by atoms with E-state index in [1.54, 1.807) is 0 Å². The van der Waals surface area contributed by atoms with Crippen LogP contribution < -0.4 is 10.6 Å². The van der Waals surface area contributed by atoms with E-state index in [2.05, 4.69) is 10.6 Å². The molecule has 0 aromatic heterocycles. The van der Waals surface area contributed by atoms with Gasteiger partial charge in [0.05, 0.1) is 13.2 Å². The van der Waals surface area contributed by atoms with Gasteiger partial charge >= 0.3 is 0 Å². The molecular weight excluding hydrogens is 192 g/mol. The van der Waals surface area contributed by atoms with Gasteiger partial charge in [0.15, 0.2) is 0 Å². The number of carbonyl (C=O) groups excluding carboxylic acids is 1. The summed E-state index contributed by atoms with van der Waals surface area (Å²) in [6, 6.07) is 0.0974. The first-order valence-corrected chi connectivity index (χ1v) is 5.80. The topological polar surface area (TPSA) is 50.4 Å². The highest BCUT2D eigenvalue weighted by Gasteiger charge is 2.20. The van der Waals surface area contributed by atoms with Crippen LogP contribution in [0.3, 0.4) is 0 Å². The van der Waals surface area contributed by atoms with Crippen LogP contribution in [-0.2, 0) is 9.53 Å². The van der Waals surface area contributed by atoms with Crippen molar-refractivity contribution in [1.29, 1.82) is 0 Å². The molecule has 2 N–H and O–H groups in total. The Morgan fingerprint density at radius 1 is 1.53 bits per heavy atom. The lowest BCUT2D eigenvalue weighted by Crippen LogP contribution is -2.41. The Bertz CT molecular complexity index is 193. The van der Waals surface area contributed by atoms with Crippen molar-refractivity contribution in [3.05, 3.63) is 0 Å². The first-order chi connectivity index (χ1) is 7.22. The van der Waals surface area contributed by atoms with Gasteiger partial charge in [-0.2, -0.15) is 0 Å². The van der Waals surface area contributed by atoms with Crippen molar-refractivity contribution in [2.45, 2.75) is 32.7 Å². The maximum atomic E-state index is 11.4. The summed E-state index contributed by atoms with van der Waals surface area (Å²) in [5, 5.41) is 6.04. The second kappa shape index (κ2) is 6.80. The largest absolute Gasteiger partial charge is 0.380 e. The van der Waals surface area contributed by atoms with E-state index in [9.17, 15) is 4.79 Å². The third kappa shape index (κ3) is 6.47. The summed E-state index contributed by atoms with van der Waals surface area (Å²) in [7, 11) is 0. The molecule has 1 atom stereocenters. The number of ether oxygens (including phenoxy) is 1. The Balaban J connectivity index is 1.95. The average molecular weight is 214 g/mol. The van der Waals surface area contributed by atoms with Crippen LogP contribution in [0.5, 0.6) is 0 Å². The van der Waals surface area contributed by atoms with Crippen molar-refractivity contribution in [3.8, 4) is 0 Å². The number of rotatable bonds is 8. The van der Waals surface area contributed by atoms with Gasteiger partial charge in [0.2, 0.25) is 5.91 Å². The van der Waals surface area contributed by atoms with E-state index in [0.717, 1.165) is 12.5 Å². The Morgan fingerprint density at radius 3 is 2.87 bits per heavy atom. The highest BCUT2D eigenvalue weighted by molar-refractivity contribution is 5.78. The molecule has 88 valence electrons. The van der Waals surface area contributed by atoms with Gasteiger partial charge < -0.3 is 15.4 Å². The third-order valence-electron chi connectivity index (χ3n) is 2.39. The van der Waals surface area contributed by atoms with Crippen LogP contribution in [0.4, 0.5) is 0 Å². The molecule has 1 unspecified atom stereocenters. The Morgan fingerprint density at radius 2 is 2.27 bits per heavy atom. The molecule has 0 radical (unpaired) electrons. The molecule has 1 saturated carbocycles. The first kappa shape index (κ1) is 12.5. The van der Waals surface area contributed by atoms with Crippen LogP contribution in [0.1, 0.15) is 26.7 Å². The van der Waals surface area contributed by atoms with Crippen molar-refractivity contribution in [3.63, 3.8) is 0 Å². The molecule has 0 aromatic rings. The molecule has 1 amide bonds. The van der Waals surface area contributed by atoms with Crippen LogP contribution in [-0.4, -0.2) is 38.3 Å². The number of carbonyl (C=O) groups is 1. The summed E-state index contributed by atoms with van der Waals surface area (Å²) in [4.78, 5) is 11.4. The second-order valence-electron chi connectivity index (χ2n) is 4.20. The number of hydrogen-bond donors (Lipinski definition) is 2. The van der Waals surface area contributed by atoms with E-state index in [4.69, 9.17) is 4.74 Å². The van der Waals surface area contributed by atoms with E-state index in [1.165, 1.54) is 12.8 Å². The minimum absolute atomic E-state index is 0.0582. The molecule has 4 nitrogen and oxygen atoms in total. The van der Waals surface area contributed by atoms with Crippen molar-refractivity contribution < 1.29 is 9.53 Å². The quantitative estimate of drug-likeness (QED) is 0.619. The SMILES string of the molecule is CCOCC(C)NC(=O)CNCC1CC1. The van der Waals surface area contributed by atoms with E-state index in [-0.39, 0.29) is 11.9 Å². The van der Waals surface area contributed by atoms with Gasteiger partial charge in [-0.15, -0.1) is 0 Å². The maximum absolute atomic E-state index is 11.4. The summed E-state index contributed by atoms with van der Waals surface area (Å²) in [6.45, 7) is 6.59. The van der Waals surface area contributed by atoms with E-state index in [1.807, 2.05) is 13.8 Å². The highest BCUT2D eigenvalue weighted by atomic mass is 16.5. The predicted molar refractivity (Wildman–Crippen MR) is 59.7 cm³/mol. The predicted octanol–water partition coefficient (Wildman–Crippen LogP) is 0.527. The highest BCUT2D eigenvalue weighted by Crippen LogP contribution is 2.27. The number of amides is 1.